The smallest absolute Gasteiger partial charge is 0.263 e. The zero-order chi connectivity index (χ0) is 12.4. The van der Waals surface area contributed by atoms with Gasteiger partial charge in [-0.2, -0.15) is 0 Å². The van der Waals surface area contributed by atoms with Crippen LogP contribution >= 0.6 is 24.0 Å². The Hall–Kier alpha value is -0.520. The number of carbonyl (C=O) groups excluding carboxylic acids is 1. The Labute approximate surface area is 112 Å². The van der Waals surface area contributed by atoms with Gasteiger partial charge >= 0.3 is 0 Å². The fraction of sp³-hybridized carbons (Fsp3) is 0.583. The number of rotatable bonds is 3. The molecule has 0 radical (unpaired) electrons. The van der Waals surface area contributed by atoms with Gasteiger partial charge in [-0.05, 0) is 32.0 Å². The molecule has 1 aliphatic heterocycles. The van der Waals surface area contributed by atoms with E-state index >= 15 is 0 Å². The molecule has 2 heterocycles. The van der Waals surface area contributed by atoms with Gasteiger partial charge in [-0.15, -0.1) is 24.0 Å². The molecule has 1 fully saturated rings. The molecule has 0 aliphatic carbocycles. The summed E-state index contributed by atoms with van der Waals surface area (Å²) in [5.41, 5.74) is 0. The summed E-state index contributed by atoms with van der Waals surface area (Å²) in [6.45, 7) is 3.09. The average Bonchev–Trinajstić information content (AvgIpc) is 2.87. The molecule has 0 saturated carbocycles. The van der Waals surface area contributed by atoms with Crippen molar-refractivity contribution in [3.05, 3.63) is 16.3 Å². The number of thiophene rings is 1. The number of thiol groups is 1. The highest BCUT2D eigenvalue weighted by atomic mass is 32.1. The first-order chi connectivity index (χ1) is 8.06. The molecule has 2 rings (SSSR count). The number of amides is 1. The van der Waals surface area contributed by atoms with Crippen LogP contribution in [0.2, 0.25) is 0 Å². The quantitative estimate of drug-likeness (QED) is 0.850. The fourth-order valence-electron chi connectivity index (χ4n) is 2.27. The minimum Gasteiger partial charge on any atom is -0.341 e. The van der Waals surface area contributed by atoms with Crippen molar-refractivity contribution >= 4 is 29.9 Å². The third-order valence-electron chi connectivity index (χ3n) is 3.16. The minimum absolute atomic E-state index is 0.116. The van der Waals surface area contributed by atoms with E-state index in [9.17, 15) is 4.79 Å². The zero-order valence-corrected chi connectivity index (χ0v) is 11.9. The molecule has 1 saturated heterocycles. The van der Waals surface area contributed by atoms with Crippen molar-refractivity contribution in [1.82, 2.24) is 9.80 Å². The molecule has 1 unspecified atom stereocenters. The number of likely N-dealkylation sites (tertiary alicyclic amines) is 1. The lowest BCUT2D eigenvalue weighted by atomic mass is 10.1. The molecule has 0 bridgehead atoms. The Morgan fingerprint density at radius 2 is 2.47 bits per heavy atom. The minimum atomic E-state index is 0.116. The monoisotopic (exact) mass is 270 g/mol. The van der Waals surface area contributed by atoms with Gasteiger partial charge in [-0.3, -0.25) is 4.79 Å². The Balaban J connectivity index is 1.91. The standard InChI is InChI=1S/C12H18N2OS2/c1-13-4-3-9(6-13)7-14(2)12(15)11-5-10(16)8-17-11/h5,8-9,16H,3-4,6-7H2,1-2H3. The van der Waals surface area contributed by atoms with Crippen molar-refractivity contribution in [1.29, 1.82) is 0 Å². The molecule has 1 aromatic heterocycles. The van der Waals surface area contributed by atoms with Crippen LogP contribution in [0, 0.1) is 5.92 Å². The van der Waals surface area contributed by atoms with E-state index in [-0.39, 0.29) is 5.91 Å². The maximum Gasteiger partial charge on any atom is 0.263 e. The van der Waals surface area contributed by atoms with Crippen molar-refractivity contribution in [3.63, 3.8) is 0 Å². The van der Waals surface area contributed by atoms with Crippen molar-refractivity contribution in [2.24, 2.45) is 5.92 Å². The second-order valence-electron chi connectivity index (χ2n) is 4.77. The molecule has 17 heavy (non-hydrogen) atoms. The summed E-state index contributed by atoms with van der Waals surface area (Å²) in [7, 11) is 4.02. The van der Waals surface area contributed by atoms with Gasteiger partial charge in [0.05, 0.1) is 4.88 Å². The highest BCUT2D eigenvalue weighted by Gasteiger charge is 2.23. The highest BCUT2D eigenvalue weighted by molar-refractivity contribution is 7.80. The summed E-state index contributed by atoms with van der Waals surface area (Å²) in [4.78, 5) is 17.9. The van der Waals surface area contributed by atoms with E-state index in [1.54, 1.807) is 0 Å². The van der Waals surface area contributed by atoms with Gasteiger partial charge in [-0.25, -0.2) is 0 Å². The van der Waals surface area contributed by atoms with Gasteiger partial charge in [0.2, 0.25) is 0 Å². The van der Waals surface area contributed by atoms with Gasteiger partial charge in [0.1, 0.15) is 0 Å². The fourth-order valence-corrected chi connectivity index (χ4v) is 3.41. The number of hydrogen-bond donors (Lipinski definition) is 1. The van der Waals surface area contributed by atoms with E-state index in [0.717, 1.165) is 29.4 Å². The van der Waals surface area contributed by atoms with E-state index < -0.39 is 0 Å². The maximum absolute atomic E-state index is 12.1. The molecule has 94 valence electrons. The van der Waals surface area contributed by atoms with Crippen LogP contribution in [-0.2, 0) is 0 Å². The first kappa shape index (κ1) is 12.9. The summed E-state index contributed by atoms with van der Waals surface area (Å²) in [6.07, 6.45) is 1.19. The SMILES string of the molecule is CN1CCC(CN(C)C(=O)c2cc(S)cs2)C1. The summed E-state index contributed by atoms with van der Waals surface area (Å²) in [6, 6.07) is 1.84. The molecule has 0 spiro atoms. The van der Waals surface area contributed by atoms with E-state index in [2.05, 4.69) is 24.6 Å². The maximum atomic E-state index is 12.1. The first-order valence-corrected chi connectivity index (χ1v) is 7.10. The van der Waals surface area contributed by atoms with Crippen LogP contribution in [0.15, 0.2) is 16.3 Å². The normalized spacial score (nSPS) is 20.8. The molecule has 1 atom stereocenters. The molecule has 1 aliphatic rings. The van der Waals surface area contributed by atoms with Crippen LogP contribution < -0.4 is 0 Å². The van der Waals surface area contributed by atoms with Gasteiger partial charge < -0.3 is 9.80 Å². The molecular weight excluding hydrogens is 252 g/mol. The van der Waals surface area contributed by atoms with Gasteiger partial charge in [0, 0.05) is 30.4 Å². The Kier molecular flexibility index (Phi) is 4.12. The molecule has 3 nitrogen and oxygen atoms in total. The van der Waals surface area contributed by atoms with E-state index in [4.69, 9.17) is 0 Å². The lowest BCUT2D eigenvalue weighted by molar-refractivity contribution is 0.0778. The number of hydrogen-bond acceptors (Lipinski definition) is 4. The topological polar surface area (TPSA) is 23.6 Å². The third-order valence-corrected chi connectivity index (χ3v) is 4.52. The van der Waals surface area contributed by atoms with Crippen LogP contribution in [-0.4, -0.2) is 49.4 Å². The van der Waals surface area contributed by atoms with Crippen LogP contribution in [0.4, 0.5) is 0 Å². The van der Waals surface area contributed by atoms with E-state index in [0.29, 0.717) is 5.92 Å². The summed E-state index contributed by atoms with van der Waals surface area (Å²) in [5.74, 6) is 0.731. The molecule has 0 N–H and O–H groups in total. The Morgan fingerprint density at radius 3 is 3.00 bits per heavy atom. The average molecular weight is 270 g/mol. The molecule has 1 aromatic rings. The number of nitrogens with zero attached hydrogens (tertiary/aromatic N) is 2. The van der Waals surface area contributed by atoms with Gasteiger partial charge in [-0.1, -0.05) is 0 Å². The number of carbonyl (C=O) groups is 1. The van der Waals surface area contributed by atoms with E-state index in [1.807, 2.05) is 23.4 Å². The molecule has 5 heteroatoms. The zero-order valence-electron chi connectivity index (χ0n) is 10.2. The van der Waals surface area contributed by atoms with Gasteiger partial charge in [0.25, 0.3) is 5.91 Å². The summed E-state index contributed by atoms with van der Waals surface area (Å²) >= 11 is 5.70. The van der Waals surface area contributed by atoms with Crippen molar-refractivity contribution in [2.45, 2.75) is 11.3 Å². The summed E-state index contributed by atoms with van der Waals surface area (Å²) < 4.78 is 0. The van der Waals surface area contributed by atoms with Crippen LogP contribution in [0.1, 0.15) is 16.1 Å². The second-order valence-corrected chi connectivity index (χ2v) is 6.20. The molecular formula is C12H18N2OS2. The predicted octanol–water partition coefficient (Wildman–Crippen LogP) is 2.06. The molecule has 1 amide bonds. The highest BCUT2D eigenvalue weighted by Crippen LogP contribution is 2.21. The van der Waals surface area contributed by atoms with Crippen molar-refractivity contribution in [2.75, 3.05) is 33.7 Å². The third kappa shape index (κ3) is 3.24. The lowest BCUT2D eigenvalue weighted by Crippen LogP contribution is -2.32. The predicted molar refractivity (Wildman–Crippen MR) is 74.1 cm³/mol. The van der Waals surface area contributed by atoms with E-state index in [1.165, 1.54) is 17.8 Å². The lowest BCUT2D eigenvalue weighted by Gasteiger charge is -2.20. The van der Waals surface area contributed by atoms with Crippen LogP contribution in [0.25, 0.3) is 0 Å². The summed E-state index contributed by atoms with van der Waals surface area (Å²) in [5, 5.41) is 1.90. The largest absolute Gasteiger partial charge is 0.341 e. The second kappa shape index (κ2) is 5.42. The first-order valence-electron chi connectivity index (χ1n) is 5.78. The van der Waals surface area contributed by atoms with Gasteiger partial charge in [0.15, 0.2) is 0 Å². The van der Waals surface area contributed by atoms with Crippen molar-refractivity contribution in [3.8, 4) is 0 Å². The van der Waals surface area contributed by atoms with Crippen LogP contribution in [0.5, 0.6) is 0 Å². The van der Waals surface area contributed by atoms with Crippen molar-refractivity contribution < 1.29 is 4.79 Å². The Bertz CT molecular complexity index is 405. The Morgan fingerprint density at radius 1 is 1.71 bits per heavy atom. The molecule has 0 aromatic carbocycles. The van der Waals surface area contributed by atoms with Crippen LogP contribution in [0.3, 0.4) is 0 Å².